The zero-order chi connectivity index (χ0) is 12.9. The van der Waals surface area contributed by atoms with Crippen LogP contribution < -0.4 is 4.72 Å². The van der Waals surface area contributed by atoms with Crippen LogP contribution in [0.5, 0.6) is 0 Å². The van der Waals surface area contributed by atoms with Gasteiger partial charge in [-0.1, -0.05) is 6.92 Å². The molecule has 0 aliphatic carbocycles. The first-order valence-electron chi connectivity index (χ1n) is 5.31. The fourth-order valence-electron chi connectivity index (χ4n) is 1.32. The number of aliphatic hydroxyl groups is 1. The van der Waals surface area contributed by atoms with Gasteiger partial charge in [0.25, 0.3) is 0 Å². The molecule has 1 atom stereocenters. The summed E-state index contributed by atoms with van der Waals surface area (Å²) >= 11 is 4.43. The van der Waals surface area contributed by atoms with E-state index in [1.165, 1.54) is 11.3 Å². The molecule has 0 unspecified atom stereocenters. The van der Waals surface area contributed by atoms with Crippen LogP contribution >= 0.6 is 27.3 Å². The number of nitrogens with one attached hydrogen (secondary N) is 1. The van der Waals surface area contributed by atoms with Crippen molar-refractivity contribution in [3.8, 4) is 0 Å². The average molecular weight is 342 g/mol. The van der Waals surface area contributed by atoms with E-state index < -0.39 is 10.0 Å². The lowest BCUT2D eigenvalue weighted by atomic mass is 10.1. The van der Waals surface area contributed by atoms with Gasteiger partial charge in [-0.3, -0.25) is 0 Å². The molecular formula is C10H16BrNO3S2. The second-order valence-electron chi connectivity index (χ2n) is 3.86. The number of hydrogen-bond donors (Lipinski definition) is 2. The van der Waals surface area contributed by atoms with Crippen LogP contribution in [0.15, 0.2) is 20.1 Å². The first-order chi connectivity index (χ1) is 7.95. The van der Waals surface area contributed by atoms with Crippen molar-refractivity contribution in [1.29, 1.82) is 0 Å². The summed E-state index contributed by atoms with van der Waals surface area (Å²) in [6, 6.07) is 3.29. The van der Waals surface area contributed by atoms with Gasteiger partial charge in [0.2, 0.25) is 10.0 Å². The molecule has 0 radical (unpaired) electrons. The van der Waals surface area contributed by atoms with Crippen molar-refractivity contribution in [3.63, 3.8) is 0 Å². The molecule has 4 nitrogen and oxygen atoms in total. The van der Waals surface area contributed by atoms with Gasteiger partial charge in [0.15, 0.2) is 0 Å². The molecule has 98 valence electrons. The highest BCUT2D eigenvalue weighted by Gasteiger charge is 2.16. The van der Waals surface area contributed by atoms with Gasteiger partial charge in [-0.15, -0.1) is 11.3 Å². The molecule has 0 saturated carbocycles. The average Bonchev–Trinajstić information content (AvgIpc) is 2.65. The maximum atomic E-state index is 11.8. The molecule has 0 bridgehead atoms. The minimum absolute atomic E-state index is 0.145. The molecule has 2 N–H and O–H groups in total. The van der Waals surface area contributed by atoms with E-state index in [-0.39, 0.29) is 6.61 Å². The molecule has 7 heteroatoms. The Morgan fingerprint density at radius 2 is 2.18 bits per heavy atom. The van der Waals surface area contributed by atoms with E-state index in [2.05, 4.69) is 20.7 Å². The van der Waals surface area contributed by atoms with Gasteiger partial charge in [0.05, 0.1) is 3.79 Å². The topological polar surface area (TPSA) is 66.4 Å². The van der Waals surface area contributed by atoms with Crippen LogP contribution in [0.1, 0.15) is 19.8 Å². The van der Waals surface area contributed by atoms with E-state index in [9.17, 15) is 8.42 Å². The lowest BCUT2D eigenvalue weighted by Gasteiger charge is -2.09. The minimum Gasteiger partial charge on any atom is -0.396 e. The zero-order valence-corrected chi connectivity index (χ0v) is 12.7. The standard InChI is InChI=1S/C10H16BrNO3S2/c1-8(5-7-13)4-6-12-17(14,15)10-3-2-9(11)16-10/h2-3,8,12-13H,4-7H2,1H3/t8-/m0/s1. The van der Waals surface area contributed by atoms with E-state index in [0.29, 0.717) is 23.1 Å². The zero-order valence-electron chi connectivity index (χ0n) is 9.52. The molecule has 1 aromatic heterocycles. The SMILES string of the molecule is C[C@H](CCO)CCNS(=O)(=O)c1ccc(Br)s1. The van der Waals surface area contributed by atoms with Gasteiger partial charge in [0, 0.05) is 13.2 Å². The second kappa shape index (κ2) is 6.84. The molecule has 1 rings (SSSR count). The van der Waals surface area contributed by atoms with Crippen molar-refractivity contribution in [2.24, 2.45) is 5.92 Å². The highest BCUT2D eigenvalue weighted by atomic mass is 79.9. The molecule has 0 spiro atoms. The molecule has 0 fully saturated rings. The first kappa shape index (κ1) is 15.1. The number of rotatable bonds is 7. The lowest BCUT2D eigenvalue weighted by Crippen LogP contribution is -2.25. The Labute approximate surface area is 114 Å². The van der Waals surface area contributed by atoms with Crippen molar-refractivity contribution in [3.05, 3.63) is 15.9 Å². The molecule has 0 saturated heterocycles. The van der Waals surface area contributed by atoms with Crippen LogP contribution in [0.4, 0.5) is 0 Å². The maximum Gasteiger partial charge on any atom is 0.250 e. The van der Waals surface area contributed by atoms with Gasteiger partial charge < -0.3 is 5.11 Å². The van der Waals surface area contributed by atoms with Crippen LogP contribution in [0.2, 0.25) is 0 Å². The van der Waals surface area contributed by atoms with Crippen molar-refractivity contribution >= 4 is 37.3 Å². The first-order valence-corrected chi connectivity index (χ1v) is 8.41. The summed E-state index contributed by atoms with van der Waals surface area (Å²) in [4.78, 5) is 0. The largest absolute Gasteiger partial charge is 0.396 e. The Balaban J connectivity index is 2.46. The Morgan fingerprint density at radius 1 is 1.47 bits per heavy atom. The normalized spacial score (nSPS) is 13.8. The number of thiophene rings is 1. The minimum atomic E-state index is -3.37. The summed E-state index contributed by atoms with van der Waals surface area (Å²) in [5, 5.41) is 8.73. The van der Waals surface area contributed by atoms with E-state index in [0.717, 1.165) is 10.2 Å². The third kappa shape index (κ3) is 5.05. The van der Waals surface area contributed by atoms with Crippen LogP contribution in [0.3, 0.4) is 0 Å². The predicted octanol–water partition coefficient (Wildman–Crippen LogP) is 2.20. The third-order valence-corrected chi connectivity index (χ3v) is 5.94. The molecule has 0 aliphatic heterocycles. The fourth-order valence-corrected chi connectivity index (χ4v) is 4.42. The number of aliphatic hydroxyl groups excluding tert-OH is 1. The molecular weight excluding hydrogens is 326 g/mol. The van der Waals surface area contributed by atoms with E-state index >= 15 is 0 Å². The van der Waals surface area contributed by atoms with Gasteiger partial charge in [-0.2, -0.15) is 0 Å². The smallest absolute Gasteiger partial charge is 0.250 e. The quantitative estimate of drug-likeness (QED) is 0.798. The predicted molar refractivity (Wildman–Crippen MR) is 72.7 cm³/mol. The van der Waals surface area contributed by atoms with Gasteiger partial charge in [0.1, 0.15) is 4.21 Å². The number of hydrogen-bond acceptors (Lipinski definition) is 4. The van der Waals surface area contributed by atoms with Crippen LogP contribution in [-0.2, 0) is 10.0 Å². The van der Waals surface area contributed by atoms with Crippen LogP contribution in [0.25, 0.3) is 0 Å². The molecule has 0 aliphatic rings. The number of halogens is 1. The number of sulfonamides is 1. The molecule has 0 aromatic carbocycles. The Hall–Kier alpha value is 0.0500. The Morgan fingerprint density at radius 3 is 2.71 bits per heavy atom. The lowest BCUT2D eigenvalue weighted by molar-refractivity contribution is 0.259. The maximum absolute atomic E-state index is 11.8. The Bertz CT molecular complexity index is 444. The van der Waals surface area contributed by atoms with Gasteiger partial charge in [-0.05, 0) is 46.8 Å². The summed E-state index contributed by atoms with van der Waals surface area (Å²) in [6.07, 6.45) is 1.43. The molecule has 1 heterocycles. The van der Waals surface area contributed by atoms with E-state index in [1.807, 2.05) is 6.92 Å². The van der Waals surface area contributed by atoms with Crippen molar-refractivity contribution in [1.82, 2.24) is 4.72 Å². The summed E-state index contributed by atoms with van der Waals surface area (Å²) in [7, 11) is -3.37. The van der Waals surface area contributed by atoms with Crippen molar-refractivity contribution in [2.45, 2.75) is 24.0 Å². The van der Waals surface area contributed by atoms with Gasteiger partial charge >= 0.3 is 0 Å². The summed E-state index contributed by atoms with van der Waals surface area (Å²) in [6.45, 7) is 2.54. The van der Waals surface area contributed by atoms with Crippen molar-refractivity contribution in [2.75, 3.05) is 13.2 Å². The van der Waals surface area contributed by atoms with E-state index in [1.54, 1.807) is 12.1 Å². The second-order valence-corrected chi connectivity index (χ2v) is 8.32. The Kier molecular flexibility index (Phi) is 6.08. The van der Waals surface area contributed by atoms with Crippen LogP contribution in [-0.4, -0.2) is 26.7 Å². The van der Waals surface area contributed by atoms with Crippen molar-refractivity contribution < 1.29 is 13.5 Å². The van der Waals surface area contributed by atoms with E-state index in [4.69, 9.17) is 5.11 Å². The van der Waals surface area contributed by atoms with Gasteiger partial charge in [-0.25, -0.2) is 13.1 Å². The summed E-state index contributed by atoms with van der Waals surface area (Å²) in [5.74, 6) is 0.317. The summed E-state index contributed by atoms with van der Waals surface area (Å²) < 4.78 is 27.3. The van der Waals surface area contributed by atoms with Crippen LogP contribution in [0, 0.1) is 5.92 Å². The fraction of sp³-hybridized carbons (Fsp3) is 0.600. The molecule has 1 aromatic rings. The highest BCUT2D eigenvalue weighted by Crippen LogP contribution is 2.25. The monoisotopic (exact) mass is 341 g/mol. The highest BCUT2D eigenvalue weighted by molar-refractivity contribution is 9.11. The molecule has 0 amide bonds. The summed E-state index contributed by atoms with van der Waals surface area (Å²) in [5.41, 5.74) is 0. The third-order valence-electron chi connectivity index (χ3n) is 2.36. The molecule has 17 heavy (non-hydrogen) atoms.